The Labute approximate surface area is 169 Å². The van der Waals surface area contributed by atoms with Crippen molar-refractivity contribution in [2.75, 3.05) is 10.8 Å². The van der Waals surface area contributed by atoms with Crippen molar-refractivity contribution in [1.29, 1.82) is 0 Å². The first-order valence-electron chi connectivity index (χ1n) is 9.27. The molecule has 0 bridgehead atoms. The minimum atomic E-state index is -3.49. The molecule has 3 aromatic rings. The number of hydrogen-bond donors (Lipinski definition) is 1. The SMILES string of the molecule is CC1(C)CNS([O-])([O-])N1c1ccc([PH+](c2ccccc2)c2ccccc2)cc1. The molecular formula is C22H24N2O2PS-. The van der Waals surface area contributed by atoms with Crippen LogP contribution in [0.25, 0.3) is 0 Å². The van der Waals surface area contributed by atoms with Gasteiger partial charge in [-0.15, -0.1) is 0 Å². The molecule has 0 aliphatic carbocycles. The van der Waals surface area contributed by atoms with Crippen LogP contribution in [0.5, 0.6) is 0 Å². The Balaban J connectivity index is 1.73. The minimum Gasteiger partial charge on any atom is -0.770 e. The van der Waals surface area contributed by atoms with Crippen molar-refractivity contribution in [3.63, 3.8) is 0 Å². The maximum absolute atomic E-state index is 12.5. The molecule has 1 aliphatic rings. The van der Waals surface area contributed by atoms with Crippen molar-refractivity contribution < 1.29 is 9.11 Å². The van der Waals surface area contributed by atoms with Crippen LogP contribution in [-0.2, 0) is 0 Å². The van der Waals surface area contributed by atoms with Crippen LogP contribution >= 0.6 is 18.9 Å². The molecule has 1 fully saturated rings. The van der Waals surface area contributed by atoms with Gasteiger partial charge >= 0.3 is 0 Å². The molecule has 0 aromatic heterocycles. The van der Waals surface area contributed by atoms with Gasteiger partial charge in [-0.2, -0.15) is 0 Å². The summed E-state index contributed by atoms with van der Waals surface area (Å²) in [5.74, 6) is 0. The smallest absolute Gasteiger partial charge is 0.102 e. The van der Waals surface area contributed by atoms with Crippen molar-refractivity contribution in [1.82, 2.24) is 4.72 Å². The van der Waals surface area contributed by atoms with Gasteiger partial charge in [0, 0.05) is 6.54 Å². The molecule has 1 saturated heterocycles. The van der Waals surface area contributed by atoms with E-state index < -0.39 is 24.4 Å². The van der Waals surface area contributed by atoms with Crippen LogP contribution in [0, 0.1) is 0 Å². The standard InChI is InChI=1S/C22H25N2O2PS/c1-22(2)17-23-28(25,26)24(22)18-13-15-21(16-14-18)27(19-9-5-3-6-10-19)20-11-7-4-8-12-20/h3-16,23,25-26H,17H2,1-2H3/p-1. The molecule has 1 heterocycles. The molecule has 0 amide bonds. The second-order valence-electron chi connectivity index (χ2n) is 7.56. The summed E-state index contributed by atoms with van der Waals surface area (Å²) in [6, 6.07) is 29.1. The highest BCUT2D eigenvalue weighted by Crippen LogP contribution is 2.51. The van der Waals surface area contributed by atoms with Gasteiger partial charge < -0.3 is 24.4 Å². The fourth-order valence-corrected chi connectivity index (χ4v) is 8.02. The second kappa shape index (κ2) is 7.51. The van der Waals surface area contributed by atoms with E-state index in [1.807, 2.05) is 38.1 Å². The summed E-state index contributed by atoms with van der Waals surface area (Å²) in [6.07, 6.45) is 0. The minimum absolute atomic E-state index is 0.403. The number of anilines is 1. The first-order chi connectivity index (χ1) is 13.4. The van der Waals surface area contributed by atoms with Gasteiger partial charge in [0.15, 0.2) is 0 Å². The van der Waals surface area contributed by atoms with Crippen LogP contribution in [0.2, 0.25) is 0 Å². The van der Waals surface area contributed by atoms with Crippen LogP contribution in [-0.4, -0.2) is 21.2 Å². The molecule has 4 nitrogen and oxygen atoms in total. The Morgan fingerprint density at radius 3 is 1.68 bits per heavy atom. The summed E-state index contributed by atoms with van der Waals surface area (Å²) >= 11 is 0. The van der Waals surface area contributed by atoms with E-state index in [1.165, 1.54) is 20.2 Å². The third kappa shape index (κ3) is 3.69. The van der Waals surface area contributed by atoms with E-state index in [0.717, 1.165) is 0 Å². The number of nitrogens with one attached hydrogen (secondary N) is 1. The Morgan fingerprint density at radius 2 is 1.25 bits per heavy atom. The Morgan fingerprint density at radius 1 is 0.786 bits per heavy atom. The zero-order valence-electron chi connectivity index (χ0n) is 16.0. The van der Waals surface area contributed by atoms with Gasteiger partial charge in [0.1, 0.15) is 15.9 Å². The van der Waals surface area contributed by atoms with Crippen LogP contribution < -0.4 is 24.9 Å². The van der Waals surface area contributed by atoms with Crippen molar-refractivity contribution in [3.8, 4) is 0 Å². The summed E-state index contributed by atoms with van der Waals surface area (Å²) < 4.78 is 29.0. The molecule has 1 aliphatic heterocycles. The van der Waals surface area contributed by atoms with Crippen molar-refractivity contribution in [2.45, 2.75) is 19.4 Å². The highest BCUT2D eigenvalue weighted by molar-refractivity contribution is 8.23. The van der Waals surface area contributed by atoms with Crippen LogP contribution in [0.3, 0.4) is 0 Å². The van der Waals surface area contributed by atoms with E-state index in [9.17, 15) is 9.11 Å². The Bertz CT molecular complexity index is 878. The molecule has 3 aromatic carbocycles. The van der Waals surface area contributed by atoms with E-state index in [1.54, 1.807) is 0 Å². The largest absolute Gasteiger partial charge is 0.770 e. The van der Waals surface area contributed by atoms with Gasteiger partial charge in [0.25, 0.3) is 0 Å². The summed E-state index contributed by atoms with van der Waals surface area (Å²) in [4.78, 5) is 0. The summed E-state index contributed by atoms with van der Waals surface area (Å²) in [6.45, 7) is 4.27. The molecule has 0 atom stereocenters. The first-order valence-corrected chi connectivity index (χ1v) is 12.2. The molecule has 6 heteroatoms. The van der Waals surface area contributed by atoms with Crippen LogP contribution in [0.1, 0.15) is 13.8 Å². The van der Waals surface area contributed by atoms with Gasteiger partial charge in [-0.05, 0) is 62.4 Å². The molecule has 0 radical (unpaired) electrons. The van der Waals surface area contributed by atoms with Gasteiger partial charge in [0.05, 0.1) is 19.1 Å². The third-order valence-corrected chi connectivity index (χ3v) is 9.42. The number of hydrogen-bond acceptors (Lipinski definition) is 4. The molecule has 0 spiro atoms. The Hall–Kier alpha value is -1.88. The summed E-state index contributed by atoms with van der Waals surface area (Å²) in [5, 5.41) is 3.85. The third-order valence-electron chi connectivity index (χ3n) is 4.99. The monoisotopic (exact) mass is 411 g/mol. The Kier molecular flexibility index (Phi) is 5.21. The van der Waals surface area contributed by atoms with Gasteiger partial charge in [0.2, 0.25) is 0 Å². The lowest BCUT2D eigenvalue weighted by atomic mass is 10.1. The number of nitrogens with zero attached hydrogens (tertiary/aromatic N) is 1. The molecule has 28 heavy (non-hydrogen) atoms. The second-order valence-corrected chi connectivity index (χ2v) is 11.6. The van der Waals surface area contributed by atoms with Gasteiger partial charge in [-0.3, -0.25) is 4.72 Å². The molecule has 4 rings (SSSR count). The van der Waals surface area contributed by atoms with Crippen molar-refractivity contribution >= 4 is 40.5 Å². The predicted octanol–water partition coefficient (Wildman–Crippen LogP) is 3.26. The van der Waals surface area contributed by atoms with E-state index in [4.69, 9.17) is 0 Å². The maximum Gasteiger partial charge on any atom is 0.102 e. The van der Waals surface area contributed by atoms with Gasteiger partial charge in [-0.1, -0.05) is 36.4 Å². The first kappa shape index (κ1) is 19.4. The normalized spacial score (nSPS) is 19.0. The fourth-order valence-electron chi connectivity index (χ4n) is 3.69. The summed E-state index contributed by atoms with van der Waals surface area (Å²) in [7, 11) is -4.65. The molecule has 0 unspecified atom stereocenters. The lowest BCUT2D eigenvalue weighted by Gasteiger charge is -2.64. The lowest BCUT2D eigenvalue weighted by molar-refractivity contribution is 0.436. The fraction of sp³-hybridized carbons (Fsp3) is 0.182. The number of benzene rings is 3. The van der Waals surface area contributed by atoms with Crippen molar-refractivity contribution in [3.05, 3.63) is 84.9 Å². The highest BCUT2D eigenvalue weighted by Gasteiger charge is 2.35. The summed E-state index contributed by atoms with van der Waals surface area (Å²) in [5.41, 5.74) is 0.203. The van der Waals surface area contributed by atoms with E-state index >= 15 is 0 Å². The molecular weight excluding hydrogens is 387 g/mol. The molecule has 0 saturated carbocycles. The molecule has 146 valence electrons. The van der Waals surface area contributed by atoms with Crippen molar-refractivity contribution in [2.24, 2.45) is 0 Å². The zero-order valence-corrected chi connectivity index (χ0v) is 17.8. The average molecular weight is 411 g/mol. The van der Waals surface area contributed by atoms with E-state index in [2.05, 4.69) is 65.4 Å². The predicted molar refractivity (Wildman–Crippen MR) is 120 cm³/mol. The average Bonchev–Trinajstić information content (AvgIpc) is 2.92. The lowest BCUT2D eigenvalue weighted by Crippen LogP contribution is -2.41. The highest BCUT2D eigenvalue weighted by atomic mass is 32.3. The van der Waals surface area contributed by atoms with Crippen LogP contribution in [0.15, 0.2) is 84.9 Å². The zero-order chi connectivity index (χ0) is 19.8. The van der Waals surface area contributed by atoms with E-state index in [0.29, 0.717) is 12.2 Å². The quantitative estimate of drug-likeness (QED) is 0.670. The van der Waals surface area contributed by atoms with Gasteiger partial charge in [-0.25, -0.2) is 0 Å². The number of rotatable bonds is 4. The van der Waals surface area contributed by atoms with E-state index in [-0.39, 0.29) is 0 Å². The topological polar surface area (TPSA) is 61.4 Å². The van der Waals surface area contributed by atoms with Crippen LogP contribution in [0.4, 0.5) is 5.69 Å². The maximum atomic E-state index is 12.5. The molecule has 1 N–H and O–H groups in total.